The van der Waals surface area contributed by atoms with E-state index in [1.807, 2.05) is 0 Å². The van der Waals surface area contributed by atoms with E-state index < -0.39 is 0 Å². The fourth-order valence-electron chi connectivity index (χ4n) is 7.47. The minimum Gasteiger partial charge on any atom is -0.310 e. The van der Waals surface area contributed by atoms with Crippen LogP contribution in [-0.4, -0.2) is 0 Å². The van der Waals surface area contributed by atoms with Crippen LogP contribution >= 0.6 is 0 Å². The van der Waals surface area contributed by atoms with E-state index in [-0.39, 0.29) is 0 Å². The Hall–Kier alpha value is -6.70. The highest BCUT2D eigenvalue weighted by Crippen LogP contribution is 2.42. The Balaban J connectivity index is 1.19. The van der Waals surface area contributed by atoms with Crippen molar-refractivity contribution in [1.29, 1.82) is 0 Å². The van der Waals surface area contributed by atoms with Crippen LogP contribution < -0.4 is 4.90 Å². The molecular weight excluding hydrogens is 663 g/mol. The lowest BCUT2D eigenvalue weighted by Gasteiger charge is -2.27. The van der Waals surface area contributed by atoms with Gasteiger partial charge in [-0.25, -0.2) is 0 Å². The molecule has 8 rings (SSSR count). The van der Waals surface area contributed by atoms with Crippen molar-refractivity contribution in [3.05, 3.63) is 236 Å². The van der Waals surface area contributed by atoms with Crippen molar-refractivity contribution in [1.82, 2.24) is 0 Å². The van der Waals surface area contributed by atoms with Crippen LogP contribution in [0.2, 0.25) is 0 Å². The van der Waals surface area contributed by atoms with Crippen LogP contribution in [0.5, 0.6) is 0 Å². The highest BCUT2D eigenvalue weighted by molar-refractivity contribution is 5.89. The van der Waals surface area contributed by atoms with Crippen molar-refractivity contribution in [2.24, 2.45) is 0 Å². The summed E-state index contributed by atoms with van der Waals surface area (Å²) in [6.07, 6.45) is 6.68. The van der Waals surface area contributed by atoms with Crippen LogP contribution in [0.25, 0.3) is 44.5 Å². The molecule has 0 radical (unpaired) electrons. The monoisotopic (exact) mass is 707 g/mol. The largest absolute Gasteiger partial charge is 0.310 e. The maximum atomic E-state index is 2.39. The first-order valence-electron chi connectivity index (χ1n) is 19.3. The average Bonchev–Trinajstić information content (AvgIpc) is 3.27. The molecule has 0 fully saturated rings. The van der Waals surface area contributed by atoms with Gasteiger partial charge in [0.15, 0.2) is 0 Å². The maximum absolute atomic E-state index is 2.39. The molecule has 8 aromatic carbocycles. The molecule has 0 bridgehead atoms. The Bertz CT molecular complexity index is 2430. The molecule has 0 heterocycles. The third kappa shape index (κ3) is 8.28. The van der Waals surface area contributed by atoms with Gasteiger partial charge in [-0.2, -0.15) is 0 Å². The molecule has 0 spiro atoms. The standard InChI is InChI=1S/C54H45N/c1-2-42(25-15-18-41-16-7-3-8-17-41)45-30-34-50(35-31-45)55(51-36-32-47(33-37-51)44-21-11-5-12-22-44)52-38-39-53(48-23-13-6-14-24-48)54(40-52)49-28-26-46(27-29-49)43-19-9-4-10-20-43/h3-17,19-40,42H,2,18H2,1H3/b25-15-. The van der Waals surface area contributed by atoms with Crippen molar-refractivity contribution in [2.75, 3.05) is 4.90 Å². The topological polar surface area (TPSA) is 3.24 Å². The predicted octanol–water partition coefficient (Wildman–Crippen LogP) is 15.1. The van der Waals surface area contributed by atoms with Crippen LogP contribution in [0.15, 0.2) is 224 Å². The summed E-state index contributed by atoms with van der Waals surface area (Å²) in [6, 6.07) is 76.7. The maximum Gasteiger partial charge on any atom is 0.0468 e. The number of allylic oxidation sites excluding steroid dienone is 2. The predicted molar refractivity (Wildman–Crippen MR) is 235 cm³/mol. The summed E-state index contributed by atoms with van der Waals surface area (Å²) in [4.78, 5) is 2.39. The van der Waals surface area contributed by atoms with Gasteiger partial charge in [-0.3, -0.25) is 0 Å². The molecule has 0 aliphatic heterocycles. The molecule has 0 aliphatic rings. The van der Waals surface area contributed by atoms with Gasteiger partial charge in [0.25, 0.3) is 0 Å². The Morgan fingerprint density at radius 3 is 1.36 bits per heavy atom. The zero-order valence-corrected chi connectivity index (χ0v) is 31.3. The van der Waals surface area contributed by atoms with Crippen molar-refractivity contribution < 1.29 is 0 Å². The van der Waals surface area contributed by atoms with Gasteiger partial charge in [-0.15, -0.1) is 0 Å². The van der Waals surface area contributed by atoms with Crippen molar-refractivity contribution in [2.45, 2.75) is 25.7 Å². The van der Waals surface area contributed by atoms with Crippen LogP contribution in [0, 0.1) is 0 Å². The second kappa shape index (κ2) is 17.0. The minimum absolute atomic E-state index is 0.354. The van der Waals surface area contributed by atoms with E-state index in [1.165, 1.54) is 55.6 Å². The highest BCUT2D eigenvalue weighted by Gasteiger charge is 2.18. The van der Waals surface area contributed by atoms with Crippen LogP contribution in [0.3, 0.4) is 0 Å². The lowest BCUT2D eigenvalue weighted by Crippen LogP contribution is -2.10. The fraction of sp³-hybridized carbons (Fsp3) is 0.0741. The summed E-state index contributed by atoms with van der Waals surface area (Å²) in [5, 5.41) is 0. The number of hydrogen-bond donors (Lipinski definition) is 0. The quantitative estimate of drug-likeness (QED) is 0.114. The summed E-state index contributed by atoms with van der Waals surface area (Å²) >= 11 is 0. The van der Waals surface area contributed by atoms with E-state index in [1.54, 1.807) is 0 Å². The van der Waals surface area contributed by atoms with Gasteiger partial charge < -0.3 is 4.90 Å². The SMILES string of the molecule is CCC(/C=C\Cc1ccccc1)c1ccc(N(c2ccc(-c3ccccc3)cc2)c2ccc(-c3ccccc3)c(-c3ccc(-c4ccccc4)cc3)c2)cc1. The zero-order valence-electron chi connectivity index (χ0n) is 31.3. The van der Waals surface area contributed by atoms with Crippen molar-refractivity contribution in [3.8, 4) is 44.5 Å². The Morgan fingerprint density at radius 1 is 0.400 bits per heavy atom. The lowest BCUT2D eigenvalue weighted by molar-refractivity contribution is 0.802. The smallest absolute Gasteiger partial charge is 0.0468 e. The Labute approximate surface area is 326 Å². The molecule has 0 amide bonds. The molecule has 0 N–H and O–H groups in total. The number of anilines is 3. The van der Waals surface area contributed by atoms with Crippen LogP contribution in [0.1, 0.15) is 30.4 Å². The van der Waals surface area contributed by atoms with Gasteiger partial charge in [-0.05, 0) is 105 Å². The molecule has 8 aromatic rings. The first-order valence-corrected chi connectivity index (χ1v) is 19.3. The third-order valence-corrected chi connectivity index (χ3v) is 10.5. The van der Waals surface area contributed by atoms with Crippen LogP contribution in [-0.2, 0) is 6.42 Å². The Kier molecular flexibility index (Phi) is 10.9. The van der Waals surface area contributed by atoms with Crippen molar-refractivity contribution >= 4 is 17.1 Å². The van der Waals surface area contributed by atoms with Gasteiger partial charge >= 0.3 is 0 Å². The molecule has 0 aromatic heterocycles. The molecule has 1 nitrogen and oxygen atoms in total. The van der Waals surface area contributed by atoms with E-state index in [4.69, 9.17) is 0 Å². The number of rotatable bonds is 12. The summed E-state index contributed by atoms with van der Waals surface area (Å²) in [6.45, 7) is 2.27. The molecule has 1 atom stereocenters. The van der Waals surface area contributed by atoms with Crippen molar-refractivity contribution in [3.63, 3.8) is 0 Å². The zero-order chi connectivity index (χ0) is 37.2. The summed E-state index contributed by atoms with van der Waals surface area (Å²) in [5.41, 5.74) is 15.6. The molecular formula is C54H45N. The van der Waals surface area contributed by atoms with Crippen LogP contribution in [0.4, 0.5) is 17.1 Å². The number of benzene rings is 8. The first kappa shape index (κ1) is 35.3. The van der Waals surface area contributed by atoms with E-state index in [9.17, 15) is 0 Å². The fourth-order valence-corrected chi connectivity index (χ4v) is 7.47. The molecule has 0 aliphatic carbocycles. The number of nitrogens with zero attached hydrogens (tertiary/aromatic N) is 1. The number of hydrogen-bond acceptors (Lipinski definition) is 1. The first-order chi connectivity index (χ1) is 27.2. The lowest BCUT2D eigenvalue weighted by atomic mass is 9.92. The summed E-state index contributed by atoms with van der Waals surface area (Å²) in [7, 11) is 0. The normalized spacial score (nSPS) is 11.7. The third-order valence-electron chi connectivity index (χ3n) is 10.5. The van der Waals surface area contributed by atoms with E-state index in [0.29, 0.717) is 5.92 Å². The minimum atomic E-state index is 0.354. The molecule has 266 valence electrons. The molecule has 1 unspecified atom stereocenters. The average molecular weight is 708 g/mol. The molecule has 0 saturated carbocycles. The summed E-state index contributed by atoms with van der Waals surface area (Å²) < 4.78 is 0. The summed E-state index contributed by atoms with van der Waals surface area (Å²) in [5.74, 6) is 0.354. The van der Waals surface area contributed by atoms with Gasteiger partial charge in [0.1, 0.15) is 0 Å². The highest BCUT2D eigenvalue weighted by atomic mass is 15.1. The van der Waals surface area contributed by atoms with E-state index >= 15 is 0 Å². The van der Waals surface area contributed by atoms with Gasteiger partial charge in [0.2, 0.25) is 0 Å². The van der Waals surface area contributed by atoms with Gasteiger partial charge in [0, 0.05) is 23.0 Å². The van der Waals surface area contributed by atoms with Gasteiger partial charge in [0.05, 0.1) is 0 Å². The van der Waals surface area contributed by atoms with E-state index in [0.717, 1.165) is 29.9 Å². The second-order valence-electron chi connectivity index (χ2n) is 14.0. The Morgan fingerprint density at radius 2 is 0.818 bits per heavy atom. The molecule has 1 heteroatoms. The second-order valence-corrected chi connectivity index (χ2v) is 14.0. The van der Waals surface area contributed by atoms with Gasteiger partial charge in [-0.1, -0.05) is 195 Å². The molecule has 55 heavy (non-hydrogen) atoms. The molecule has 0 saturated heterocycles. The van der Waals surface area contributed by atoms with E-state index in [2.05, 4.69) is 236 Å².